The number of hydrogen-bond donors (Lipinski definition) is 4. The molecule has 0 saturated heterocycles. The molecule has 0 bridgehead atoms. The summed E-state index contributed by atoms with van der Waals surface area (Å²) in [7, 11) is 0. The second-order valence-electron chi connectivity index (χ2n) is 8.39. The van der Waals surface area contributed by atoms with Crippen molar-refractivity contribution in [2.75, 3.05) is 21.3 Å². The van der Waals surface area contributed by atoms with Crippen molar-refractivity contribution < 1.29 is 9.53 Å². The lowest BCUT2D eigenvalue weighted by Gasteiger charge is -2.18. The van der Waals surface area contributed by atoms with Gasteiger partial charge in [0.2, 0.25) is 0 Å². The molecular weight excluding hydrogens is 469 g/mol. The van der Waals surface area contributed by atoms with Crippen LogP contribution in [-0.2, 0) is 6.42 Å². The highest BCUT2D eigenvalue weighted by atomic mass is 35.5. The van der Waals surface area contributed by atoms with E-state index in [1.807, 2.05) is 20.8 Å². The van der Waals surface area contributed by atoms with Gasteiger partial charge in [0.05, 0.1) is 32.7 Å². The number of anilines is 4. The van der Waals surface area contributed by atoms with Gasteiger partial charge in [0, 0.05) is 23.1 Å². The minimum absolute atomic E-state index is 0.261. The topological polar surface area (TPSA) is 87.3 Å². The van der Waals surface area contributed by atoms with Gasteiger partial charge >= 0.3 is 0 Å². The Morgan fingerprint density at radius 1 is 1.28 bits per heavy atom. The van der Waals surface area contributed by atoms with Gasteiger partial charge in [-0.2, -0.15) is 0 Å². The Morgan fingerprint density at radius 2 is 2.03 bits per heavy atom. The fourth-order valence-corrected chi connectivity index (χ4v) is 5.12. The third-order valence-corrected chi connectivity index (χ3v) is 6.74. The van der Waals surface area contributed by atoms with E-state index in [4.69, 9.17) is 27.9 Å². The summed E-state index contributed by atoms with van der Waals surface area (Å²) < 4.78 is 6.20. The zero-order valence-electron chi connectivity index (χ0n) is 17.6. The molecule has 5 rings (SSSR count). The minimum atomic E-state index is -0.427. The van der Waals surface area contributed by atoms with Crippen molar-refractivity contribution in [3.8, 4) is 5.75 Å². The maximum Gasteiger partial charge on any atom is 0.261 e. The van der Waals surface area contributed by atoms with E-state index >= 15 is 0 Å². The molecule has 0 fully saturated rings. The van der Waals surface area contributed by atoms with Crippen LogP contribution in [0.4, 0.5) is 22.2 Å². The van der Waals surface area contributed by atoms with Crippen LogP contribution in [0.2, 0.25) is 10.0 Å². The Kier molecular flexibility index (Phi) is 5.11. The van der Waals surface area contributed by atoms with E-state index in [1.54, 1.807) is 30.5 Å². The number of nitrogens with zero attached hydrogens (tertiary/aromatic N) is 1. The maximum absolute atomic E-state index is 13.1. The predicted molar refractivity (Wildman–Crippen MR) is 131 cm³/mol. The quantitative estimate of drug-likeness (QED) is 0.361. The molecule has 3 heterocycles. The lowest BCUT2D eigenvalue weighted by molar-refractivity contribution is 0.101. The zero-order chi connectivity index (χ0) is 22.6. The van der Waals surface area contributed by atoms with Gasteiger partial charge in [-0.25, -0.2) is 4.98 Å². The number of thiazole rings is 1. The Morgan fingerprint density at radius 3 is 2.72 bits per heavy atom. The first-order valence-electron chi connectivity index (χ1n) is 10.1. The molecule has 1 atom stereocenters. The van der Waals surface area contributed by atoms with Crippen molar-refractivity contribution in [2.45, 2.75) is 39.1 Å². The number of carbonyl (C=O) groups excluding carboxylic acids is 1. The molecule has 2 aliphatic rings. The average molecular weight is 490 g/mol. The van der Waals surface area contributed by atoms with Gasteiger partial charge in [-0.3, -0.25) is 10.1 Å². The highest BCUT2D eigenvalue weighted by Crippen LogP contribution is 2.48. The fourth-order valence-electron chi connectivity index (χ4n) is 3.96. The Balaban J connectivity index is 1.47. The number of nitrogens with one attached hydrogen (secondary N) is 4. The van der Waals surface area contributed by atoms with Crippen molar-refractivity contribution in [2.24, 2.45) is 0 Å². The lowest BCUT2D eigenvalue weighted by atomic mass is 9.97. The standard InChI is InChI=1S/C22H21Cl2N5O2S/c1-10-9-25-21(32-10)29-19(30)11-7-15-16(12-8-22(2,3)31-18(11)12)27-20(26-15)28-17-13(23)5-4-6-14(17)24/h4-7,9,20,26-28H,8H2,1-3H3,(H,25,29,30). The van der Waals surface area contributed by atoms with Crippen LogP contribution in [0.5, 0.6) is 5.75 Å². The van der Waals surface area contributed by atoms with Gasteiger partial charge < -0.3 is 20.7 Å². The van der Waals surface area contributed by atoms with Crippen LogP contribution in [0.3, 0.4) is 0 Å². The number of hydrogen-bond acceptors (Lipinski definition) is 7. The number of fused-ring (bicyclic) bond motifs is 3. The fraction of sp³-hybridized carbons (Fsp3) is 0.273. The Hall–Kier alpha value is -2.68. The van der Waals surface area contributed by atoms with Crippen LogP contribution in [0.15, 0.2) is 30.5 Å². The zero-order valence-corrected chi connectivity index (χ0v) is 19.9. The van der Waals surface area contributed by atoms with Crippen LogP contribution in [0, 0.1) is 6.92 Å². The van der Waals surface area contributed by atoms with E-state index in [-0.39, 0.29) is 12.2 Å². The number of rotatable bonds is 4. The normalized spacial score (nSPS) is 17.6. The van der Waals surface area contributed by atoms with E-state index in [0.29, 0.717) is 38.6 Å². The number of benzene rings is 2. The highest BCUT2D eigenvalue weighted by Gasteiger charge is 2.39. The third kappa shape index (κ3) is 3.83. The molecule has 0 radical (unpaired) electrons. The Labute approximate surface area is 199 Å². The van der Waals surface area contributed by atoms with E-state index < -0.39 is 5.60 Å². The van der Waals surface area contributed by atoms with Crippen LogP contribution >= 0.6 is 34.5 Å². The van der Waals surface area contributed by atoms with Crippen molar-refractivity contribution in [1.82, 2.24) is 4.98 Å². The van der Waals surface area contributed by atoms with Gasteiger partial charge in [-0.1, -0.05) is 29.3 Å². The number of ether oxygens (including phenoxy) is 1. The molecule has 10 heteroatoms. The molecule has 32 heavy (non-hydrogen) atoms. The van der Waals surface area contributed by atoms with Crippen LogP contribution in [0.1, 0.15) is 34.6 Å². The summed E-state index contributed by atoms with van der Waals surface area (Å²) in [5.41, 5.74) is 3.31. The Bertz CT molecular complexity index is 1220. The van der Waals surface area contributed by atoms with Crippen molar-refractivity contribution >= 4 is 62.6 Å². The van der Waals surface area contributed by atoms with Gasteiger partial charge in [-0.05, 0) is 39.0 Å². The van der Waals surface area contributed by atoms with E-state index in [9.17, 15) is 4.79 Å². The van der Waals surface area contributed by atoms with Crippen LogP contribution in [0.25, 0.3) is 0 Å². The number of aromatic nitrogens is 1. The largest absolute Gasteiger partial charge is 0.486 e. The van der Waals surface area contributed by atoms with Crippen molar-refractivity contribution in [3.05, 3.63) is 56.5 Å². The summed E-state index contributed by atoms with van der Waals surface area (Å²) in [6.07, 6.45) is 2.03. The van der Waals surface area contributed by atoms with E-state index in [0.717, 1.165) is 21.8 Å². The number of aryl methyl sites for hydroxylation is 1. The monoisotopic (exact) mass is 489 g/mol. The number of halogens is 2. The van der Waals surface area contributed by atoms with Crippen LogP contribution in [-0.4, -0.2) is 22.8 Å². The van der Waals surface area contributed by atoms with Crippen molar-refractivity contribution in [3.63, 3.8) is 0 Å². The summed E-state index contributed by atoms with van der Waals surface area (Å²) in [6, 6.07) is 7.14. The van der Waals surface area contributed by atoms with Gasteiger partial charge in [0.1, 0.15) is 11.4 Å². The second-order valence-corrected chi connectivity index (χ2v) is 10.4. The number of amides is 1. The predicted octanol–water partition coefficient (Wildman–Crippen LogP) is 5.96. The van der Waals surface area contributed by atoms with Crippen LogP contribution < -0.4 is 26.0 Å². The molecule has 0 spiro atoms. The van der Waals surface area contributed by atoms with Gasteiger partial charge in [0.15, 0.2) is 11.4 Å². The molecule has 3 aromatic rings. The summed E-state index contributed by atoms with van der Waals surface area (Å²) in [5, 5.41) is 14.6. The lowest BCUT2D eigenvalue weighted by Crippen LogP contribution is -2.31. The highest BCUT2D eigenvalue weighted by molar-refractivity contribution is 7.15. The first kappa shape index (κ1) is 21.2. The molecule has 1 aromatic heterocycles. The van der Waals surface area contributed by atoms with Gasteiger partial charge in [0.25, 0.3) is 5.91 Å². The molecule has 7 nitrogen and oxygen atoms in total. The summed E-state index contributed by atoms with van der Waals surface area (Å²) >= 11 is 14.1. The average Bonchev–Trinajstić information content (AvgIpc) is 3.39. The SMILES string of the molecule is Cc1cnc(NC(=O)c2cc3c(c4c2OC(C)(C)C4)NC(Nc2c(Cl)cccc2Cl)N3)s1. The van der Waals surface area contributed by atoms with E-state index in [2.05, 4.69) is 26.3 Å². The molecule has 4 N–H and O–H groups in total. The molecule has 1 amide bonds. The molecule has 166 valence electrons. The smallest absolute Gasteiger partial charge is 0.261 e. The molecular formula is C22H21Cl2N5O2S. The number of para-hydroxylation sites is 1. The molecule has 0 aliphatic carbocycles. The first-order valence-corrected chi connectivity index (χ1v) is 11.6. The van der Waals surface area contributed by atoms with E-state index in [1.165, 1.54) is 11.3 Å². The number of carbonyl (C=O) groups is 1. The summed E-state index contributed by atoms with van der Waals surface area (Å²) in [6.45, 7) is 5.96. The van der Waals surface area contributed by atoms with Crippen molar-refractivity contribution in [1.29, 1.82) is 0 Å². The molecule has 2 aromatic carbocycles. The minimum Gasteiger partial charge on any atom is -0.486 e. The molecule has 1 unspecified atom stereocenters. The summed E-state index contributed by atoms with van der Waals surface area (Å²) in [4.78, 5) is 18.4. The maximum atomic E-state index is 13.1. The second kappa shape index (κ2) is 7.72. The summed E-state index contributed by atoms with van der Waals surface area (Å²) in [5.74, 6) is 0.328. The molecule has 2 aliphatic heterocycles. The first-order chi connectivity index (χ1) is 15.2. The third-order valence-electron chi connectivity index (χ3n) is 5.29. The molecule has 0 saturated carbocycles. The van der Waals surface area contributed by atoms with Gasteiger partial charge in [-0.15, -0.1) is 11.3 Å².